The number of imidazole rings is 1. The Morgan fingerprint density at radius 3 is 1.62 bits per heavy atom. The summed E-state index contributed by atoms with van der Waals surface area (Å²) in [6.45, 7) is -18.4. The first kappa shape index (κ1) is 78.7. The lowest BCUT2D eigenvalue weighted by Gasteiger charge is -2.29. The van der Waals surface area contributed by atoms with Gasteiger partial charge in [0, 0.05) is 63.4 Å². The van der Waals surface area contributed by atoms with E-state index < -0.39 is 198 Å². The third-order valence-electron chi connectivity index (χ3n) is 15.0. The van der Waals surface area contributed by atoms with Crippen molar-refractivity contribution in [2.75, 3.05) is 59.6 Å². The Hall–Kier alpha value is -3.47. The van der Waals surface area contributed by atoms with E-state index in [9.17, 15) is 63.1 Å². The number of hydrogen-bond donors (Lipinski definition) is 10. The molecule has 546 valence electrons. The monoisotopic (exact) mass is 1580 g/mol. The van der Waals surface area contributed by atoms with E-state index in [0.29, 0.717) is 0 Å². The number of nitrogens with two attached hydrogens (primary N) is 1. The smallest absolute Gasteiger partial charge is 0.386 e. The van der Waals surface area contributed by atoms with Gasteiger partial charge in [-0.25, -0.2) is 28.9 Å². The highest BCUT2D eigenvalue weighted by atomic mass is 32.7. The second kappa shape index (κ2) is 32.3. The topological polar surface area (TPSA) is 523 Å². The average Bonchev–Trinajstić information content (AvgIpc) is 1.63. The van der Waals surface area contributed by atoms with Crippen molar-refractivity contribution in [3.8, 4) is 5.88 Å². The molecule has 5 aromatic rings. The van der Waals surface area contributed by atoms with Crippen molar-refractivity contribution in [2.45, 2.75) is 146 Å². The number of H-pyrrole nitrogens is 3. The van der Waals surface area contributed by atoms with E-state index in [1.54, 1.807) is 13.8 Å². The Morgan fingerprint density at radius 1 is 0.633 bits per heavy atom. The van der Waals surface area contributed by atoms with E-state index in [1.807, 2.05) is 0 Å². The summed E-state index contributed by atoms with van der Waals surface area (Å²) >= 11 is 25.7. The molecule has 5 aromatic heterocycles. The molecule has 50 heteroatoms. The van der Waals surface area contributed by atoms with Gasteiger partial charge in [-0.1, -0.05) is 12.2 Å². The zero-order valence-corrected chi connectivity index (χ0v) is 61.0. The molecule has 0 bridgehead atoms. The quantitative estimate of drug-likeness (QED) is 0.0151. The number of aromatic amines is 3. The van der Waals surface area contributed by atoms with E-state index >= 15 is 0 Å². The van der Waals surface area contributed by atoms with Crippen LogP contribution in [-0.2, 0) is 125 Å². The van der Waals surface area contributed by atoms with E-state index in [4.69, 9.17) is 127 Å². The third-order valence-corrected chi connectivity index (χ3v) is 23.2. The second-order valence-electron chi connectivity index (χ2n) is 22.4. The maximum atomic E-state index is 14.7. The summed E-state index contributed by atoms with van der Waals surface area (Å²) in [6, 6.07) is 0. The Morgan fingerprint density at radius 2 is 1.10 bits per heavy atom. The number of ether oxygens (including phenoxy) is 6. The summed E-state index contributed by atoms with van der Waals surface area (Å²) in [5.74, 6) is -1.09. The number of nitrogens with one attached hydrogen (secondary N) is 3. The molecule has 98 heavy (non-hydrogen) atoms. The van der Waals surface area contributed by atoms with Gasteiger partial charge in [-0.2, -0.15) is 4.98 Å². The number of fused-ring (bicyclic) bond motifs is 1. The van der Waals surface area contributed by atoms with E-state index in [1.165, 1.54) is 45.0 Å². The van der Waals surface area contributed by atoms with Crippen LogP contribution in [-0.4, -0.2) is 194 Å². The van der Waals surface area contributed by atoms with Crippen LogP contribution in [0.4, 0.5) is 5.95 Å². The van der Waals surface area contributed by atoms with Gasteiger partial charge < -0.3 is 91.1 Å². The van der Waals surface area contributed by atoms with E-state index in [-0.39, 0.29) is 59.9 Å². The van der Waals surface area contributed by atoms with Gasteiger partial charge in [0.1, 0.15) is 67.4 Å². The van der Waals surface area contributed by atoms with Crippen molar-refractivity contribution in [1.29, 1.82) is 0 Å². The van der Waals surface area contributed by atoms with Crippen LogP contribution in [0.25, 0.3) is 11.2 Å². The number of anilines is 1. The molecule has 4 fully saturated rings. The first-order valence-corrected chi connectivity index (χ1v) is 42.2. The summed E-state index contributed by atoms with van der Waals surface area (Å²) in [6.07, 6.45) is -16.4. The van der Waals surface area contributed by atoms with Crippen LogP contribution >= 0.6 is 45.9 Å². The molecular weight excluding hydrogens is 1510 g/mol. The Labute approximate surface area is 578 Å². The molecule has 4 aliphatic rings. The molecule has 9 heterocycles. The lowest BCUT2D eigenvalue weighted by Crippen LogP contribution is -2.41. The highest BCUT2D eigenvalue weighted by molar-refractivity contribution is 8.44. The van der Waals surface area contributed by atoms with Gasteiger partial charge in [-0.15, -0.1) is 0 Å². The number of thiol groups is 1. The first-order valence-electron chi connectivity index (χ1n) is 29.1. The lowest BCUT2D eigenvalue weighted by molar-refractivity contribution is -0.276. The molecule has 40 nitrogen and oxygen atoms in total. The van der Waals surface area contributed by atoms with Gasteiger partial charge in [-0.3, -0.25) is 65.7 Å². The number of nitrogens with zero attached hydrogens (tertiary/aromatic N) is 7. The van der Waals surface area contributed by atoms with Crippen LogP contribution in [0.5, 0.6) is 5.88 Å². The van der Waals surface area contributed by atoms with Crippen molar-refractivity contribution in [2.24, 2.45) is 0 Å². The zero-order chi connectivity index (χ0) is 71.7. The van der Waals surface area contributed by atoms with Crippen molar-refractivity contribution in [3.05, 3.63) is 104 Å². The lowest BCUT2D eigenvalue weighted by atomic mass is 10.1. The highest BCUT2D eigenvalue weighted by Crippen LogP contribution is 2.59. The fourth-order valence-corrected chi connectivity index (χ4v) is 18.2. The van der Waals surface area contributed by atoms with Crippen molar-refractivity contribution >= 4 is 110 Å². The Balaban J connectivity index is 0.953. The fraction of sp³-hybridized carbons (Fsp3) is 0.646. The van der Waals surface area contributed by atoms with Crippen LogP contribution < -0.4 is 44.6 Å². The standard InChI is InChI=1S/C48H70N11O29P5S5/c1-21(2)84-90(69,95)76-16-28-26(12-32(81-28)59-20-50-33-38(59)51-45(49)52-42(33)64)86-91(70,96)77-17-27-25(11-31(80-27)56-13-22(3)39(61)53-46(56)65)85-92(71,97)78-18-29-35(37(74-7)44(82-29)58-15-24(5)41(63)55-48(58)67)88-93(72,98)79-19-30-34(87-89(68,94)75-10-8-9-60)36(73-6)43(83-30)57-14-23(4)40(62)54-47(57)66/h13-15,20-21,25-32,34-37,43-44,60H,8-12,16-19H2,1-7H3,(H,68,94)(H,69,95)(H,70,96)(H,71,97)(H,72,98)(H,53,61,65)(H,54,62,66)(H,55,63,67)(H3,49,51,52,64)/p-1/t25?,26?,27-,28-,29-,30-,31-,32-,34?,35?,36+,37+,43-,44-,89?,90?,91?,92?,93?/m1/s1. The number of aliphatic hydroxyl groups excluding tert-OH is 1. The number of rotatable bonds is 32. The molecule has 0 aromatic carbocycles. The van der Waals surface area contributed by atoms with Crippen LogP contribution in [0.3, 0.4) is 0 Å². The van der Waals surface area contributed by atoms with Gasteiger partial charge in [0.25, 0.3) is 16.7 Å². The van der Waals surface area contributed by atoms with E-state index in [2.05, 4.69) is 42.2 Å². The highest BCUT2D eigenvalue weighted by Gasteiger charge is 2.54. The minimum absolute atomic E-state index is 0.00553. The molecule has 0 spiro atoms. The summed E-state index contributed by atoms with van der Waals surface area (Å²) in [5.41, 5.74) is 0.698. The van der Waals surface area contributed by atoms with Crippen LogP contribution in [0, 0.1) is 20.8 Å². The largest absolute Gasteiger partial charge is 0.858 e. The Kier molecular flexibility index (Phi) is 25.9. The molecule has 4 saturated heterocycles. The van der Waals surface area contributed by atoms with Crippen molar-refractivity contribution < 1.29 is 108 Å². The van der Waals surface area contributed by atoms with Crippen molar-refractivity contribution in [3.63, 3.8) is 0 Å². The second-order valence-corrected chi connectivity index (χ2v) is 36.5. The molecule has 19 atom stereocenters. The number of aliphatic hydroxyl groups is 1. The minimum Gasteiger partial charge on any atom is -0.858 e. The first-order chi connectivity index (χ1) is 45.9. The minimum atomic E-state index is -4.85. The van der Waals surface area contributed by atoms with E-state index in [0.717, 1.165) is 33.2 Å². The molecule has 9 rings (SSSR count). The molecule has 0 saturated carbocycles. The molecule has 0 radical (unpaired) electrons. The molecule has 4 aliphatic heterocycles. The number of aryl methyl sites for hydroxylation is 3. The normalized spacial score (nSPS) is 29.0. The van der Waals surface area contributed by atoms with Gasteiger partial charge in [0.2, 0.25) is 5.95 Å². The van der Waals surface area contributed by atoms with Crippen molar-refractivity contribution in [1.82, 2.24) is 48.2 Å². The zero-order valence-electron chi connectivity index (χ0n) is 52.4. The predicted molar refractivity (Wildman–Crippen MR) is 354 cm³/mol. The number of methoxy groups -OCH3 is 2. The SMILES string of the molecule is CO[C@H]1C(OP(O)(=S)OC[C@H]2O[C@@H](n3cc(C)c(=O)[nH]c3=O)[C@@H](OC)C2OP(O)(=S)OCCCO)[C@@H](COP(=O)(S)OC2C[C@H](n3cc(C)c([O-])nc3=O)O[C@@H]2COP(O)(=S)OC2C[C@H](n3cnc4c(=O)[nH]c(N)nc43)O[C@@H]2COP(O)(=S)OC(C)C)O[C@H]1n1cc(C)c(=O)[nH]c1=O. The van der Waals surface area contributed by atoms with Gasteiger partial charge in [0.05, 0.1) is 51.6 Å². The van der Waals surface area contributed by atoms with Crippen LogP contribution in [0.2, 0.25) is 0 Å². The number of nitrogen functional groups attached to an aromatic ring is 1. The maximum Gasteiger partial charge on any atom is 0.386 e. The Bertz CT molecular complexity index is 4350. The molecule has 0 amide bonds. The summed E-state index contributed by atoms with van der Waals surface area (Å²) < 4.78 is 113. The van der Waals surface area contributed by atoms with Gasteiger partial charge in [0.15, 0.2) is 23.6 Å². The summed E-state index contributed by atoms with van der Waals surface area (Å²) in [7, 11) is 2.36. The third kappa shape index (κ3) is 19.3. The molecular formula is C48H69N11O29P5S5-. The maximum absolute atomic E-state index is 14.7. The van der Waals surface area contributed by atoms with Gasteiger partial charge in [-0.05, 0) is 99.7 Å². The van der Waals surface area contributed by atoms with Gasteiger partial charge >= 0.3 is 50.7 Å². The molecule has 10 N–H and O–H groups in total. The fourth-order valence-electron chi connectivity index (χ4n) is 10.6. The summed E-state index contributed by atoms with van der Waals surface area (Å²) in [4.78, 5) is 142. The average molecular weight is 1580 g/mol. The number of hydrogen-bond acceptors (Lipinski definition) is 33. The summed E-state index contributed by atoms with van der Waals surface area (Å²) in [5, 5.41) is 21.8. The molecule has 0 aliphatic carbocycles. The van der Waals surface area contributed by atoms with Crippen LogP contribution in [0.15, 0.2) is 53.7 Å². The molecule has 9 unspecified atom stereocenters. The van der Waals surface area contributed by atoms with Crippen LogP contribution in [0.1, 0.15) is 74.7 Å². The number of aromatic nitrogens is 10. The predicted octanol–water partition coefficient (Wildman–Crippen LogP) is -0.206.